The highest BCUT2D eigenvalue weighted by Crippen LogP contribution is 2.33. The summed E-state index contributed by atoms with van der Waals surface area (Å²) in [5.41, 5.74) is 0.565. The summed E-state index contributed by atoms with van der Waals surface area (Å²) < 4.78 is 6.93. The maximum Gasteiger partial charge on any atom is 0.341 e. The van der Waals surface area contributed by atoms with E-state index in [0.29, 0.717) is 18.2 Å². The second-order valence-corrected chi connectivity index (χ2v) is 5.02. The number of aromatic nitrogens is 2. The van der Waals surface area contributed by atoms with Crippen LogP contribution in [0.3, 0.4) is 0 Å². The molecule has 1 heterocycles. The van der Waals surface area contributed by atoms with Gasteiger partial charge < -0.3 is 4.74 Å². The van der Waals surface area contributed by atoms with E-state index in [1.165, 1.54) is 32.1 Å². The SMILES string of the molecule is CCOC(=O)c1cnn(C2CCCC(CC)C2)c1. The van der Waals surface area contributed by atoms with Gasteiger partial charge in [-0.05, 0) is 25.7 Å². The molecule has 1 aromatic rings. The van der Waals surface area contributed by atoms with Crippen LogP contribution < -0.4 is 0 Å². The largest absolute Gasteiger partial charge is 0.462 e. The number of carbonyl (C=O) groups excluding carboxylic acids is 1. The first-order valence-electron chi connectivity index (χ1n) is 6.95. The maximum atomic E-state index is 11.6. The van der Waals surface area contributed by atoms with Gasteiger partial charge in [-0.1, -0.05) is 26.2 Å². The Bertz CT molecular complexity index is 400. The van der Waals surface area contributed by atoms with E-state index in [4.69, 9.17) is 4.74 Å². The number of rotatable bonds is 4. The van der Waals surface area contributed by atoms with Crippen LogP contribution in [0, 0.1) is 5.92 Å². The molecule has 18 heavy (non-hydrogen) atoms. The Labute approximate surface area is 108 Å². The molecule has 2 rings (SSSR count). The summed E-state index contributed by atoms with van der Waals surface area (Å²) in [6.07, 6.45) is 9.63. The molecule has 1 fully saturated rings. The van der Waals surface area contributed by atoms with Crippen molar-refractivity contribution in [3.63, 3.8) is 0 Å². The van der Waals surface area contributed by atoms with Gasteiger partial charge in [-0.2, -0.15) is 5.10 Å². The van der Waals surface area contributed by atoms with Gasteiger partial charge in [0.25, 0.3) is 0 Å². The van der Waals surface area contributed by atoms with E-state index in [2.05, 4.69) is 12.0 Å². The Morgan fingerprint density at radius 1 is 1.50 bits per heavy atom. The second kappa shape index (κ2) is 6.03. The smallest absolute Gasteiger partial charge is 0.341 e. The van der Waals surface area contributed by atoms with Gasteiger partial charge in [-0.3, -0.25) is 4.68 Å². The third-order valence-electron chi connectivity index (χ3n) is 3.82. The van der Waals surface area contributed by atoms with Crippen molar-refractivity contribution in [1.82, 2.24) is 9.78 Å². The van der Waals surface area contributed by atoms with Crippen LogP contribution in [0.2, 0.25) is 0 Å². The summed E-state index contributed by atoms with van der Waals surface area (Å²) in [6, 6.07) is 0.451. The van der Waals surface area contributed by atoms with Crippen LogP contribution in [0.1, 0.15) is 62.4 Å². The van der Waals surface area contributed by atoms with Crippen molar-refractivity contribution >= 4 is 5.97 Å². The average Bonchev–Trinajstić information content (AvgIpc) is 2.89. The van der Waals surface area contributed by atoms with E-state index in [0.717, 1.165) is 5.92 Å². The molecule has 1 saturated carbocycles. The Hall–Kier alpha value is -1.32. The number of hydrogen-bond acceptors (Lipinski definition) is 3. The highest BCUT2D eigenvalue weighted by atomic mass is 16.5. The summed E-state index contributed by atoms with van der Waals surface area (Å²) in [5, 5.41) is 4.33. The predicted octanol–water partition coefficient (Wildman–Crippen LogP) is 3.20. The number of ether oxygens (including phenoxy) is 1. The van der Waals surface area contributed by atoms with Gasteiger partial charge in [0.2, 0.25) is 0 Å². The fourth-order valence-corrected chi connectivity index (χ4v) is 2.73. The molecule has 1 aliphatic carbocycles. The van der Waals surface area contributed by atoms with Gasteiger partial charge in [-0.15, -0.1) is 0 Å². The molecule has 0 N–H and O–H groups in total. The Morgan fingerprint density at radius 2 is 2.33 bits per heavy atom. The topological polar surface area (TPSA) is 44.1 Å². The lowest BCUT2D eigenvalue weighted by Crippen LogP contribution is -2.19. The minimum Gasteiger partial charge on any atom is -0.462 e. The highest BCUT2D eigenvalue weighted by molar-refractivity contribution is 5.88. The van der Waals surface area contributed by atoms with Crippen LogP contribution in [0.25, 0.3) is 0 Å². The quantitative estimate of drug-likeness (QED) is 0.771. The Morgan fingerprint density at radius 3 is 3.06 bits per heavy atom. The normalized spacial score (nSPS) is 23.9. The van der Waals surface area contributed by atoms with Gasteiger partial charge in [0.05, 0.1) is 24.4 Å². The second-order valence-electron chi connectivity index (χ2n) is 5.02. The van der Waals surface area contributed by atoms with Crippen LogP contribution in [0.15, 0.2) is 12.4 Å². The molecule has 100 valence electrons. The molecule has 2 unspecified atom stereocenters. The zero-order valence-electron chi connectivity index (χ0n) is 11.3. The molecule has 1 aliphatic rings. The lowest BCUT2D eigenvalue weighted by Gasteiger charge is -2.28. The van der Waals surface area contributed by atoms with Crippen LogP contribution in [-0.2, 0) is 4.74 Å². The molecule has 1 aromatic heterocycles. The first-order valence-corrected chi connectivity index (χ1v) is 6.95. The number of carbonyl (C=O) groups is 1. The van der Waals surface area contributed by atoms with Crippen molar-refractivity contribution in [3.8, 4) is 0 Å². The van der Waals surface area contributed by atoms with E-state index >= 15 is 0 Å². The Balaban J connectivity index is 2.03. The summed E-state index contributed by atoms with van der Waals surface area (Å²) in [7, 11) is 0. The standard InChI is InChI=1S/C14H22N2O2/c1-3-11-6-5-7-13(8-11)16-10-12(9-15-16)14(17)18-4-2/h9-11,13H,3-8H2,1-2H3. The fourth-order valence-electron chi connectivity index (χ4n) is 2.73. The molecule has 2 atom stereocenters. The maximum absolute atomic E-state index is 11.6. The molecule has 0 radical (unpaired) electrons. The Kier molecular flexibility index (Phi) is 4.39. The molecule has 4 nitrogen and oxygen atoms in total. The van der Waals surface area contributed by atoms with E-state index in [-0.39, 0.29) is 5.97 Å². The van der Waals surface area contributed by atoms with E-state index in [9.17, 15) is 4.79 Å². The molecule has 0 saturated heterocycles. The van der Waals surface area contributed by atoms with Crippen molar-refractivity contribution in [3.05, 3.63) is 18.0 Å². The minimum absolute atomic E-state index is 0.272. The molecular formula is C14H22N2O2. The highest BCUT2D eigenvalue weighted by Gasteiger charge is 2.23. The van der Waals surface area contributed by atoms with Crippen molar-refractivity contribution in [2.75, 3.05) is 6.61 Å². The summed E-state index contributed by atoms with van der Waals surface area (Å²) in [4.78, 5) is 11.6. The van der Waals surface area contributed by atoms with Crippen LogP contribution in [0.4, 0.5) is 0 Å². The zero-order chi connectivity index (χ0) is 13.0. The van der Waals surface area contributed by atoms with E-state index in [1.807, 2.05) is 17.8 Å². The first-order chi connectivity index (χ1) is 8.74. The average molecular weight is 250 g/mol. The van der Waals surface area contributed by atoms with Crippen molar-refractivity contribution in [1.29, 1.82) is 0 Å². The van der Waals surface area contributed by atoms with Crippen LogP contribution in [-0.4, -0.2) is 22.4 Å². The van der Waals surface area contributed by atoms with Gasteiger partial charge in [0.1, 0.15) is 0 Å². The van der Waals surface area contributed by atoms with Crippen LogP contribution in [0.5, 0.6) is 0 Å². The third-order valence-corrected chi connectivity index (χ3v) is 3.82. The van der Waals surface area contributed by atoms with Crippen molar-refractivity contribution in [2.24, 2.45) is 5.92 Å². The summed E-state index contributed by atoms with van der Waals surface area (Å²) >= 11 is 0. The lowest BCUT2D eigenvalue weighted by molar-refractivity contribution is 0.0526. The van der Waals surface area contributed by atoms with Gasteiger partial charge >= 0.3 is 5.97 Å². The van der Waals surface area contributed by atoms with Crippen molar-refractivity contribution < 1.29 is 9.53 Å². The molecule has 0 spiro atoms. The van der Waals surface area contributed by atoms with Gasteiger partial charge in [0, 0.05) is 6.20 Å². The summed E-state index contributed by atoms with van der Waals surface area (Å²) in [6.45, 7) is 4.47. The lowest BCUT2D eigenvalue weighted by atomic mass is 9.84. The van der Waals surface area contributed by atoms with Gasteiger partial charge in [0.15, 0.2) is 0 Å². The number of hydrogen-bond donors (Lipinski definition) is 0. The van der Waals surface area contributed by atoms with Crippen LogP contribution >= 0.6 is 0 Å². The molecular weight excluding hydrogens is 228 g/mol. The zero-order valence-corrected chi connectivity index (χ0v) is 11.3. The number of esters is 1. The third kappa shape index (κ3) is 2.92. The fraction of sp³-hybridized carbons (Fsp3) is 0.714. The molecule has 0 aliphatic heterocycles. The summed E-state index contributed by atoms with van der Waals surface area (Å²) in [5.74, 6) is 0.533. The minimum atomic E-state index is -0.272. The van der Waals surface area contributed by atoms with Crippen molar-refractivity contribution in [2.45, 2.75) is 52.0 Å². The number of nitrogens with zero attached hydrogens (tertiary/aromatic N) is 2. The molecule has 4 heteroatoms. The molecule has 0 bridgehead atoms. The first kappa shape index (κ1) is 13.1. The van der Waals surface area contributed by atoms with E-state index < -0.39 is 0 Å². The monoisotopic (exact) mass is 250 g/mol. The predicted molar refractivity (Wildman–Crippen MR) is 69.5 cm³/mol. The van der Waals surface area contributed by atoms with Gasteiger partial charge in [-0.25, -0.2) is 4.79 Å². The molecule has 0 amide bonds. The van der Waals surface area contributed by atoms with E-state index in [1.54, 1.807) is 6.20 Å². The molecule has 0 aromatic carbocycles.